The van der Waals surface area contributed by atoms with Crippen LogP contribution in [0, 0.1) is 12.8 Å². The molecule has 3 N–H and O–H groups in total. The number of nitrogens with one attached hydrogen (secondary N) is 1. The molecule has 0 radical (unpaired) electrons. The molecule has 2 atom stereocenters. The van der Waals surface area contributed by atoms with E-state index in [9.17, 15) is 9.59 Å². The normalized spacial score (nSPS) is 19.5. The Morgan fingerprint density at radius 2 is 2.00 bits per heavy atom. The lowest BCUT2D eigenvalue weighted by molar-refractivity contribution is -0.135. The highest BCUT2D eigenvalue weighted by Gasteiger charge is 2.31. The third kappa shape index (κ3) is 4.32. The molecule has 0 saturated carbocycles. The van der Waals surface area contributed by atoms with Crippen LogP contribution in [0.4, 0.5) is 0 Å². The van der Waals surface area contributed by atoms with Gasteiger partial charge in [-0.1, -0.05) is 32.0 Å². The summed E-state index contributed by atoms with van der Waals surface area (Å²) in [7, 11) is 0. The van der Waals surface area contributed by atoms with Gasteiger partial charge < -0.3 is 16.0 Å². The van der Waals surface area contributed by atoms with E-state index in [-0.39, 0.29) is 23.8 Å². The number of rotatable bonds is 4. The molecule has 23 heavy (non-hydrogen) atoms. The molecule has 2 amide bonds. The molecule has 2 rings (SSSR count). The van der Waals surface area contributed by atoms with Gasteiger partial charge >= 0.3 is 0 Å². The Hall–Kier alpha value is -1.88. The molecule has 2 unspecified atom stereocenters. The number of carbonyl (C=O) groups is 2. The van der Waals surface area contributed by atoms with Gasteiger partial charge in [-0.15, -0.1) is 0 Å². The fourth-order valence-electron chi connectivity index (χ4n) is 2.97. The van der Waals surface area contributed by atoms with Crippen molar-refractivity contribution in [3.05, 3.63) is 35.4 Å². The Labute approximate surface area is 138 Å². The third-order valence-corrected chi connectivity index (χ3v) is 4.38. The highest BCUT2D eigenvalue weighted by atomic mass is 16.2. The molecule has 1 aliphatic rings. The topological polar surface area (TPSA) is 75.4 Å². The average molecular weight is 317 g/mol. The zero-order valence-electron chi connectivity index (χ0n) is 14.2. The molecule has 0 aromatic heterocycles. The molecule has 0 spiro atoms. The van der Waals surface area contributed by atoms with Crippen molar-refractivity contribution in [3.63, 3.8) is 0 Å². The predicted molar refractivity (Wildman–Crippen MR) is 91.1 cm³/mol. The number of carbonyl (C=O) groups excluding carboxylic acids is 2. The van der Waals surface area contributed by atoms with Gasteiger partial charge in [0.15, 0.2) is 0 Å². The standard InChI is InChI=1S/C18H27N3O2/c1-12(2)16(18(23)21-10-6-8-14(19)11-21)20-17(22)15-9-5-4-7-13(15)3/h4-5,7,9,12,14,16H,6,8,10-11,19H2,1-3H3,(H,20,22). The summed E-state index contributed by atoms with van der Waals surface area (Å²) < 4.78 is 0. The molecule has 0 bridgehead atoms. The third-order valence-electron chi connectivity index (χ3n) is 4.38. The van der Waals surface area contributed by atoms with Crippen LogP contribution >= 0.6 is 0 Å². The molecule has 1 aromatic rings. The zero-order valence-corrected chi connectivity index (χ0v) is 14.2. The minimum absolute atomic E-state index is 0.0219. The highest BCUT2D eigenvalue weighted by Crippen LogP contribution is 2.14. The molecule has 0 aliphatic carbocycles. The van der Waals surface area contributed by atoms with Crippen molar-refractivity contribution in [3.8, 4) is 0 Å². The molecule has 126 valence electrons. The van der Waals surface area contributed by atoms with Crippen LogP contribution in [0.15, 0.2) is 24.3 Å². The fraction of sp³-hybridized carbons (Fsp3) is 0.556. The van der Waals surface area contributed by atoms with Crippen LogP contribution in [0.1, 0.15) is 42.6 Å². The quantitative estimate of drug-likeness (QED) is 0.887. The Morgan fingerprint density at radius 3 is 2.61 bits per heavy atom. The van der Waals surface area contributed by atoms with Gasteiger partial charge in [0.25, 0.3) is 5.91 Å². The number of hydrogen-bond acceptors (Lipinski definition) is 3. The van der Waals surface area contributed by atoms with Gasteiger partial charge in [-0.2, -0.15) is 0 Å². The maximum absolute atomic E-state index is 12.8. The largest absolute Gasteiger partial charge is 0.340 e. The highest BCUT2D eigenvalue weighted by molar-refractivity contribution is 5.98. The number of nitrogens with zero attached hydrogens (tertiary/aromatic N) is 1. The number of benzene rings is 1. The van der Waals surface area contributed by atoms with Gasteiger partial charge in [-0.3, -0.25) is 9.59 Å². The van der Waals surface area contributed by atoms with E-state index in [4.69, 9.17) is 5.73 Å². The van der Waals surface area contributed by atoms with Crippen molar-refractivity contribution < 1.29 is 9.59 Å². The maximum atomic E-state index is 12.8. The minimum atomic E-state index is -0.521. The molecular weight excluding hydrogens is 290 g/mol. The lowest BCUT2D eigenvalue weighted by atomic mass is 9.99. The second-order valence-electron chi connectivity index (χ2n) is 6.70. The van der Waals surface area contributed by atoms with Crippen LogP contribution in [-0.2, 0) is 4.79 Å². The van der Waals surface area contributed by atoms with E-state index >= 15 is 0 Å². The van der Waals surface area contributed by atoms with Gasteiger partial charge in [0, 0.05) is 24.7 Å². The minimum Gasteiger partial charge on any atom is -0.340 e. The lowest BCUT2D eigenvalue weighted by Crippen LogP contribution is -2.55. The SMILES string of the molecule is Cc1ccccc1C(=O)NC(C(=O)N1CCCC(N)C1)C(C)C. The molecule has 1 fully saturated rings. The number of amides is 2. The van der Waals surface area contributed by atoms with E-state index in [1.54, 1.807) is 11.0 Å². The Morgan fingerprint density at radius 1 is 1.30 bits per heavy atom. The van der Waals surface area contributed by atoms with Crippen LogP contribution < -0.4 is 11.1 Å². The summed E-state index contributed by atoms with van der Waals surface area (Å²) >= 11 is 0. The molecule has 1 aromatic carbocycles. The van der Waals surface area contributed by atoms with Gasteiger partial charge in [0.2, 0.25) is 5.91 Å². The van der Waals surface area contributed by atoms with E-state index in [1.807, 2.05) is 39.0 Å². The van der Waals surface area contributed by atoms with E-state index < -0.39 is 6.04 Å². The molecule has 5 nitrogen and oxygen atoms in total. The van der Waals surface area contributed by atoms with Crippen LogP contribution in [-0.4, -0.2) is 41.9 Å². The fourth-order valence-corrected chi connectivity index (χ4v) is 2.97. The molecule has 5 heteroatoms. The Balaban J connectivity index is 2.11. The molecular formula is C18H27N3O2. The Bertz CT molecular complexity index is 571. The van der Waals surface area contributed by atoms with E-state index in [2.05, 4.69) is 5.32 Å². The number of piperidine rings is 1. The molecule has 1 saturated heterocycles. The first kappa shape index (κ1) is 17.5. The van der Waals surface area contributed by atoms with Crippen LogP contribution in [0.5, 0.6) is 0 Å². The van der Waals surface area contributed by atoms with Crippen molar-refractivity contribution in [2.75, 3.05) is 13.1 Å². The van der Waals surface area contributed by atoms with E-state index in [0.717, 1.165) is 24.9 Å². The van der Waals surface area contributed by atoms with E-state index in [0.29, 0.717) is 12.1 Å². The summed E-state index contributed by atoms with van der Waals surface area (Å²) in [5.74, 6) is -0.206. The summed E-state index contributed by atoms with van der Waals surface area (Å²) in [5.41, 5.74) is 7.49. The monoisotopic (exact) mass is 317 g/mol. The van der Waals surface area contributed by atoms with Crippen molar-refractivity contribution in [1.29, 1.82) is 0 Å². The number of likely N-dealkylation sites (tertiary alicyclic amines) is 1. The summed E-state index contributed by atoms with van der Waals surface area (Å²) in [5, 5.41) is 2.91. The molecule has 1 heterocycles. The number of aryl methyl sites for hydroxylation is 1. The first-order valence-corrected chi connectivity index (χ1v) is 8.31. The summed E-state index contributed by atoms with van der Waals surface area (Å²) in [6, 6.07) is 6.91. The second kappa shape index (κ2) is 7.59. The van der Waals surface area contributed by atoms with Crippen molar-refractivity contribution in [2.24, 2.45) is 11.7 Å². The predicted octanol–water partition coefficient (Wildman–Crippen LogP) is 1.70. The van der Waals surface area contributed by atoms with Crippen LogP contribution in [0.3, 0.4) is 0 Å². The summed E-state index contributed by atoms with van der Waals surface area (Å²) in [6.45, 7) is 7.08. The average Bonchev–Trinajstić information content (AvgIpc) is 2.52. The summed E-state index contributed by atoms with van der Waals surface area (Å²) in [6.07, 6.45) is 1.87. The molecule has 1 aliphatic heterocycles. The van der Waals surface area contributed by atoms with Gasteiger partial charge in [0.05, 0.1) is 0 Å². The smallest absolute Gasteiger partial charge is 0.252 e. The maximum Gasteiger partial charge on any atom is 0.252 e. The number of hydrogen-bond donors (Lipinski definition) is 2. The van der Waals surface area contributed by atoms with Gasteiger partial charge in [-0.25, -0.2) is 0 Å². The van der Waals surface area contributed by atoms with Crippen molar-refractivity contribution >= 4 is 11.8 Å². The first-order valence-electron chi connectivity index (χ1n) is 8.31. The first-order chi connectivity index (χ1) is 10.9. The van der Waals surface area contributed by atoms with Crippen molar-refractivity contribution in [1.82, 2.24) is 10.2 Å². The van der Waals surface area contributed by atoms with E-state index in [1.165, 1.54) is 0 Å². The second-order valence-corrected chi connectivity index (χ2v) is 6.70. The number of nitrogens with two attached hydrogens (primary N) is 1. The summed E-state index contributed by atoms with van der Waals surface area (Å²) in [4.78, 5) is 27.1. The Kier molecular flexibility index (Phi) is 5.77. The van der Waals surface area contributed by atoms with Gasteiger partial charge in [-0.05, 0) is 37.3 Å². The van der Waals surface area contributed by atoms with Crippen LogP contribution in [0.25, 0.3) is 0 Å². The van der Waals surface area contributed by atoms with Crippen LogP contribution in [0.2, 0.25) is 0 Å². The zero-order chi connectivity index (χ0) is 17.0. The lowest BCUT2D eigenvalue weighted by Gasteiger charge is -2.34. The van der Waals surface area contributed by atoms with Crippen molar-refractivity contribution in [2.45, 2.75) is 45.7 Å². The van der Waals surface area contributed by atoms with Gasteiger partial charge in [0.1, 0.15) is 6.04 Å².